The number of urea groups is 1. The van der Waals surface area contributed by atoms with Crippen molar-refractivity contribution in [2.75, 3.05) is 26.7 Å². The van der Waals surface area contributed by atoms with Crippen molar-refractivity contribution in [3.63, 3.8) is 0 Å². The highest BCUT2D eigenvalue weighted by Crippen LogP contribution is 2.17. The minimum atomic E-state index is -0.814. The van der Waals surface area contributed by atoms with Crippen LogP contribution in [0.4, 0.5) is 4.79 Å². The van der Waals surface area contributed by atoms with Crippen LogP contribution in [-0.2, 0) is 9.59 Å². The van der Waals surface area contributed by atoms with E-state index < -0.39 is 17.8 Å². The van der Waals surface area contributed by atoms with Crippen molar-refractivity contribution >= 4 is 17.8 Å². The molecule has 0 aromatic rings. The van der Waals surface area contributed by atoms with E-state index in [1.54, 1.807) is 0 Å². The van der Waals surface area contributed by atoms with Gasteiger partial charge in [0.2, 0.25) is 0 Å². The number of hydrogen-bond donors (Lipinski definition) is 1. The fraction of sp³-hybridized carbons (Fsp3) is 0.667. The Morgan fingerprint density at radius 2 is 2.13 bits per heavy atom. The largest absolute Gasteiger partial charge is 0.331 e. The van der Waals surface area contributed by atoms with Gasteiger partial charge in [0, 0.05) is 13.1 Å². The molecule has 1 N–H and O–H groups in total. The Bertz CT molecular complexity index is 329. The fourth-order valence-electron chi connectivity index (χ4n) is 2.03. The lowest BCUT2D eigenvalue weighted by molar-refractivity contribution is -0.140. The van der Waals surface area contributed by atoms with Crippen LogP contribution < -0.4 is 5.32 Å². The van der Waals surface area contributed by atoms with Gasteiger partial charge in [-0.05, 0) is 25.9 Å². The Labute approximate surface area is 87.2 Å². The molecule has 2 saturated heterocycles. The second kappa shape index (κ2) is 3.62. The molecule has 0 radical (unpaired) electrons. The normalized spacial score (nSPS) is 27.7. The number of likely N-dealkylation sites (tertiary alicyclic amines) is 1. The van der Waals surface area contributed by atoms with Gasteiger partial charge in [-0.2, -0.15) is 0 Å². The third-order valence-electron chi connectivity index (χ3n) is 2.83. The van der Waals surface area contributed by atoms with Crippen molar-refractivity contribution in [2.45, 2.75) is 6.42 Å². The average molecular weight is 211 g/mol. The molecule has 0 saturated carbocycles. The number of hydrogen-bond acceptors (Lipinski definition) is 4. The summed E-state index contributed by atoms with van der Waals surface area (Å²) in [5, 5.41) is 1.99. The van der Waals surface area contributed by atoms with Gasteiger partial charge in [0.25, 0.3) is 0 Å². The number of nitrogens with zero attached hydrogens (tertiary/aromatic N) is 2. The van der Waals surface area contributed by atoms with Gasteiger partial charge in [0.05, 0.1) is 0 Å². The van der Waals surface area contributed by atoms with Crippen LogP contribution in [0.1, 0.15) is 6.42 Å². The first-order chi connectivity index (χ1) is 7.08. The van der Waals surface area contributed by atoms with E-state index in [-0.39, 0.29) is 5.92 Å². The summed E-state index contributed by atoms with van der Waals surface area (Å²) in [5.41, 5.74) is 0. The second-order valence-electron chi connectivity index (χ2n) is 4.09. The Morgan fingerprint density at radius 1 is 1.40 bits per heavy atom. The first-order valence-electron chi connectivity index (χ1n) is 4.93. The summed E-state index contributed by atoms with van der Waals surface area (Å²) in [6.45, 7) is 2.19. The maximum atomic E-state index is 11.3. The molecular formula is C9H13N3O3. The van der Waals surface area contributed by atoms with Crippen molar-refractivity contribution < 1.29 is 14.4 Å². The van der Waals surface area contributed by atoms with Crippen LogP contribution in [-0.4, -0.2) is 54.3 Å². The van der Waals surface area contributed by atoms with E-state index in [2.05, 4.69) is 4.90 Å². The van der Waals surface area contributed by atoms with Crippen molar-refractivity contribution in [3.8, 4) is 0 Å². The molecule has 0 spiro atoms. The van der Waals surface area contributed by atoms with Crippen molar-refractivity contribution in [2.24, 2.45) is 5.92 Å². The van der Waals surface area contributed by atoms with Gasteiger partial charge in [-0.1, -0.05) is 0 Å². The van der Waals surface area contributed by atoms with E-state index in [1.165, 1.54) is 0 Å². The number of carbonyl (C=O) groups is 3. The van der Waals surface area contributed by atoms with Crippen molar-refractivity contribution in [1.29, 1.82) is 0 Å². The van der Waals surface area contributed by atoms with Gasteiger partial charge in [0.15, 0.2) is 0 Å². The monoisotopic (exact) mass is 211 g/mol. The highest BCUT2D eigenvalue weighted by molar-refractivity contribution is 6.44. The molecule has 0 aliphatic carbocycles. The molecule has 2 rings (SSSR count). The van der Waals surface area contributed by atoms with Gasteiger partial charge >= 0.3 is 17.8 Å². The molecule has 4 amide bonds. The molecule has 15 heavy (non-hydrogen) atoms. The number of amides is 4. The van der Waals surface area contributed by atoms with E-state index in [1.807, 2.05) is 12.4 Å². The van der Waals surface area contributed by atoms with E-state index in [9.17, 15) is 14.4 Å². The zero-order valence-electron chi connectivity index (χ0n) is 8.52. The first kappa shape index (κ1) is 10.1. The molecule has 2 fully saturated rings. The minimum absolute atomic E-state index is 0.288. The van der Waals surface area contributed by atoms with Gasteiger partial charge in [0.1, 0.15) is 0 Å². The van der Waals surface area contributed by atoms with E-state index >= 15 is 0 Å². The highest BCUT2D eigenvalue weighted by Gasteiger charge is 2.38. The summed E-state index contributed by atoms with van der Waals surface area (Å²) in [5.74, 6) is -1.25. The topological polar surface area (TPSA) is 69.7 Å². The smallest absolute Gasteiger partial charge is 0.306 e. The van der Waals surface area contributed by atoms with Gasteiger partial charge in [-0.15, -0.1) is 0 Å². The number of carbonyl (C=O) groups excluding carboxylic acids is 3. The quantitative estimate of drug-likeness (QED) is 0.470. The van der Waals surface area contributed by atoms with Crippen LogP contribution in [0.15, 0.2) is 0 Å². The molecule has 2 aliphatic heterocycles. The summed E-state index contributed by atoms with van der Waals surface area (Å²) >= 11 is 0. The molecule has 0 aromatic carbocycles. The lowest BCUT2D eigenvalue weighted by atomic mass is 10.1. The van der Waals surface area contributed by atoms with Crippen molar-refractivity contribution in [1.82, 2.24) is 15.1 Å². The Morgan fingerprint density at radius 3 is 2.60 bits per heavy atom. The lowest BCUT2D eigenvalue weighted by Gasteiger charge is -2.16. The SMILES string of the molecule is CN1CCC(CN2C(=O)NC(=O)C2=O)C1. The van der Waals surface area contributed by atoms with E-state index in [0.717, 1.165) is 24.4 Å². The van der Waals surface area contributed by atoms with Crippen molar-refractivity contribution in [3.05, 3.63) is 0 Å². The second-order valence-corrected chi connectivity index (χ2v) is 4.09. The Kier molecular flexibility index (Phi) is 2.44. The third kappa shape index (κ3) is 1.85. The third-order valence-corrected chi connectivity index (χ3v) is 2.83. The maximum Gasteiger partial charge on any atom is 0.331 e. The Balaban J connectivity index is 1.97. The Hall–Kier alpha value is -1.43. The zero-order valence-corrected chi connectivity index (χ0v) is 8.52. The van der Waals surface area contributed by atoms with Gasteiger partial charge in [-0.25, -0.2) is 4.79 Å². The van der Waals surface area contributed by atoms with E-state index in [4.69, 9.17) is 0 Å². The number of rotatable bonds is 2. The van der Waals surface area contributed by atoms with Gasteiger partial charge in [-0.3, -0.25) is 19.8 Å². The minimum Gasteiger partial charge on any atom is -0.306 e. The van der Waals surface area contributed by atoms with Crippen LogP contribution in [0.5, 0.6) is 0 Å². The summed E-state index contributed by atoms with van der Waals surface area (Å²) in [4.78, 5) is 36.5. The molecule has 0 aromatic heterocycles. The molecule has 6 nitrogen and oxygen atoms in total. The fourth-order valence-corrected chi connectivity index (χ4v) is 2.03. The van der Waals surface area contributed by atoms with Gasteiger partial charge < -0.3 is 4.90 Å². The highest BCUT2D eigenvalue weighted by atomic mass is 16.2. The molecular weight excluding hydrogens is 198 g/mol. The molecule has 2 heterocycles. The predicted octanol–water partition coefficient (Wildman–Crippen LogP) is -0.983. The molecule has 1 atom stereocenters. The summed E-state index contributed by atoms with van der Waals surface area (Å²) < 4.78 is 0. The maximum absolute atomic E-state index is 11.3. The molecule has 0 bridgehead atoms. The average Bonchev–Trinajstić information content (AvgIpc) is 2.67. The van der Waals surface area contributed by atoms with Crippen LogP contribution >= 0.6 is 0 Å². The van der Waals surface area contributed by atoms with Crippen LogP contribution in [0.2, 0.25) is 0 Å². The summed E-state index contributed by atoms with van der Waals surface area (Å²) in [7, 11) is 2.00. The molecule has 2 aliphatic rings. The van der Waals surface area contributed by atoms with Crippen LogP contribution in [0, 0.1) is 5.92 Å². The van der Waals surface area contributed by atoms with Crippen LogP contribution in [0.25, 0.3) is 0 Å². The summed E-state index contributed by atoms with van der Waals surface area (Å²) in [6, 6.07) is -0.584. The lowest BCUT2D eigenvalue weighted by Crippen LogP contribution is -2.36. The predicted molar refractivity (Wildman–Crippen MR) is 50.9 cm³/mol. The van der Waals surface area contributed by atoms with E-state index in [0.29, 0.717) is 6.54 Å². The number of imide groups is 2. The standard InChI is InChI=1S/C9H13N3O3/c1-11-3-2-6(4-11)5-12-8(14)7(13)10-9(12)15/h6H,2-5H2,1H3,(H,10,13,15). The number of nitrogens with one attached hydrogen (secondary N) is 1. The molecule has 1 unspecified atom stereocenters. The molecule has 6 heteroatoms. The first-order valence-corrected chi connectivity index (χ1v) is 4.93. The summed E-state index contributed by atoms with van der Waals surface area (Å²) in [6.07, 6.45) is 0.960. The zero-order chi connectivity index (χ0) is 11.0. The molecule has 82 valence electrons. The van der Waals surface area contributed by atoms with Crippen LogP contribution in [0.3, 0.4) is 0 Å².